The number of allylic oxidation sites excluding steroid dienone is 2. The van der Waals surface area contributed by atoms with Gasteiger partial charge >= 0.3 is 0 Å². The molecule has 0 fully saturated rings. The molecule has 0 aliphatic heterocycles. The third kappa shape index (κ3) is 5.07. The van der Waals surface area contributed by atoms with Crippen LogP contribution in [0, 0.1) is 6.92 Å². The number of aryl methyl sites for hydroxylation is 1. The molecule has 0 spiro atoms. The Morgan fingerprint density at radius 2 is 1.97 bits per heavy atom. The summed E-state index contributed by atoms with van der Waals surface area (Å²) in [6.45, 7) is 1.94. The van der Waals surface area contributed by atoms with Crippen LogP contribution in [0.2, 0.25) is 0 Å². The summed E-state index contributed by atoms with van der Waals surface area (Å²) in [5.41, 5.74) is 3.41. The number of benzene rings is 2. The molecule has 2 aromatic carbocycles. The van der Waals surface area contributed by atoms with Crippen LogP contribution in [-0.4, -0.2) is 32.6 Å². The number of methoxy groups -OCH3 is 1. The maximum Gasteiger partial charge on any atom is 0.240 e. The summed E-state index contributed by atoms with van der Waals surface area (Å²) in [6, 6.07) is 15.0. The first-order valence-corrected chi connectivity index (χ1v) is 10.1. The molecule has 0 radical (unpaired) electrons. The Bertz CT molecular complexity index is 1270. The topological polar surface area (TPSA) is 83.0 Å². The predicted molar refractivity (Wildman–Crippen MR) is 122 cm³/mol. The molecular formula is C25H22N4O3. The van der Waals surface area contributed by atoms with Gasteiger partial charge in [-0.1, -0.05) is 42.5 Å². The lowest BCUT2D eigenvalue weighted by Gasteiger charge is -2.09. The fraction of sp³-hybridized carbons (Fsp3) is 0.120. The SMILES string of the molecule is COc1cc(C=Cc2nnc(CC=CC(=O)c3ccccc3)o2)ccc1-n1cnc(C)c1. The molecule has 4 rings (SSSR count). The van der Waals surface area contributed by atoms with Gasteiger partial charge in [0.2, 0.25) is 11.8 Å². The van der Waals surface area contributed by atoms with E-state index in [0.717, 1.165) is 22.7 Å². The van der Waals surface area contributed by atoms with Crippen LogP contribution in [0.5, 0.6) is 5.75 Å². The van der Waals surface area contributed by atoms with Gasteiger partial charge in [0.1, 0.15) is 5.75 Å². The van der Waals surface area contributed by atoms with Gasteiger partial charge in [-0.15, -0.1) is 10.2 Å². The van der Waals surface area contributed by atoms with Crippen molar-refractivity contribution in [1.29, 1.82) is 0 Å². The number of nitrogens with zero attached hydrogens (tertiary/aromatic N) is 4. The fourth-order valence-electron chi connectivity index (χ4n) is 3.11. The monoisotopic (exact) mass is 426 g/mol. The smallest absolute Gasteiger partial charge is 0.240 e. The Kier molecular flexibility index (Phi) is 6.36. The van der Waals surface area contributed by atoms with Crippen molar-refractivity contribution in [3.63, 3.8) is 0 Å². The lowest BCUT2D eigenvalue weighted by molar-refractivity contribution is 0.104. The van der Waals surface area contributed by atoms with Crippen molar-refractivity contribution in [2.45, 2.75) is 13.3 Å². The maximum atomic E-state index is 12.1. The minimum absolute atomic E-state index is 0.0616. The van der Waals surface area contributed by atoms with Crippen LogP contribution in [0.4, 0.5) is 0 Å². The van der Waals surface area contributed by atoms with Gasteiger partial charge in [-0.25, -0.2) is 4.98 Å². The van der Waals surface area contributed by atoms with E-state index in [-0.39, 0.29) is 5.78 Å². The van der Waals surface area contributed by atoms with Crippen molar-refractivity contribution >= 4 is 17.9 Å². The van der Waals surface area contributed by atoms with Gasteiger partial charge in [0.25, 0.3) is 0 Å². The third-order valence-corrected chi connectivity index (χ3v) is 4.71. The second-order valence-corrected chi connectivity index (χ2v) is 7.06. The highest BCUT2D eigenvalue weighted by atomic mass is 16.5. The van der Waals surface area contributed by atoms with Gasteiger partial charge < -0.3 is 13.7 Å². The van der Waals surface area contributed by atoms with Crippen molar-refractivity contribution in [3.05, 3.63) is 102 Å². The molecule has 7 nitrogen and oxygen atoms in total. The summed E-state index contributed by atoms with van der Waals surface area (Å²) in [6.07, 6.45) is 10.9. The molecule has 4 aromatic rings. The van der Waals surface area contributed by atoms with Crippen LogP contribution in [0.3, 0.4) is 0 Å². The molecule has 2 aromatic heterocycles. The first-order valence-electron chi connectivity index (χ1n) is 10.1. The predicted octanol–water partition coefficient (Wildman–Crippen LogP) is 4.72. The molecule has 0 aliphatic carbocycles. The van der Waals surface area contributed by atoms with E-state index in [1.165, 1.54) is 6.08 Å². The van der Waals surface area contributed by atoms with Crippen LogP contribution in [0.15, 0.2) is 77.6 Å². The van der Waals surface area contributed by atoms with E-state index in [9.17, 15) is 4.79 Å². The molecule has 7 heteroatoms. The summed E-state index contributed by atoms with van der Waals surface area (Å²) in [7, 11) is 1.64. The number of rotatable bonds is 8. The van der Waals surface area contributed by atoms with Crippen LogP contribution in [0.25, 0.3) is 17.8 Å². The minimum atomic E-state index is -0.0616. The van der Waals surface area contributed by atoms with Gasteiger partial charge in [-0.05, 0) is 36.8 Å². The second-order valence-electron chi connectivity index (χ2n) is 7.06. The average Bonchev–Trinajstić information content (AvgIpc) is 3.46. The number of hydrogen-bond donors (Lipinski definition) is 0. The summed E-state index contributed by atoms with van der Waals surface area (Å²) in [4.78, 5) is 16.3. The number of ether oxygens (including phenoxy) is 1. The Balaban J connectivity index is 1.40. The minimum Gasteiger partial charge on any atom is -0.495 e. The molecule has 0 aliphatic rings. The van der Waals surface area contributed by atoms with Crippen LogP contribution in [0.1, 0.15) is 33.4 Å². The van der Waals surface area contributed by atoms with Gasteiger partial charge in [-0.2, -0.15) is 0 Å². The lowest BCUT2D eigenvalue weighted by Crippen LogP contribution is -1.95. The number of hydrogen-bond acceptors (Lipinski definition) is 6. The Morgan fingerprint density at radius 1 is 1.12 bits per heavy atom. The van der Waals surface area contributed by atoms with Crippen molar-refractivity contribution in [2.24, 2.45) is 0 Å². The number of ketones is 1. The van der Waals surface area contributed by atoms with Gasteiger partial charge in [0.05, 0.1) is 24.8 Å². The van der Waals surface area contributed by atoms with Crippen LogP contribution in [-0.2, 0) is 6.42 Å². The highest BCUT2D eigenvalue weighted by molar-refractivity contribution is 6.04. The highest BCUT2D eigenvalue weighted by Crippen LogP contribution is 2.25. The van der Waals surface area contributed by atoms with E-state index in [1.807, 2.05) is 60.2 Å². The number of imidazole rings is 1. The van der Waals surface area contributed by atoms with Gasteiger partial charge in [0.15, 0.2) is 5.78 Å². The van der Waals surface area contributed by atoms with E-state index in [0.29, 0.717) is 23.8 Å². The normalized spacial score (nSPS) is 11.4. The number of carbonyl (C=O) groups is 1. The Labute approximate surface area is 185 Å². The Hall–Kier alpha value is -4.26. The summed E-state index contributed by atoms with van der Waals surface area (Å²) >= 11 is 0. The van der Waals surface area contributed by atoms with Gasteiger partial charge in [0, 0.05) is 24.3 Å². The molecule has 32 heavy (non-hydrogen) atoms. The first kappa shape index (κ1) is 21.0. The zero-order valence-electron chi connectivity index (χ0n) is 17.8. The lowest BCUT2D eigenvalue weighted by atomic mass is 10.1. The number of carbonyl (C=O) groups excluding carboxylic acids is 1. The highest BCUT2D eigenvalue weighted by Gasteiger charge is 2.07. The molecule has 160 valence electrons. The van der Waals surface area contributed by atoms with Crippen molar-refractivity contribution < 1.29 is 13.9 Å². The van der Waals surface area contributed by atoms with E-state index >= 15 is 0 Å². The van der Waals surface area contributed by atoms with E-state index in [1.54, 1.807) is 37.7 Å². The molecule has 2 heterocycles. The largest absolute Gasteiger partial charge is 0.495 e. The molecule has 0 bridgehead atoms. The molecule has 0 amide bonds. The fourth-order valence-corrected chi connectivity index (χ4v) is 3.11. The quantitative estimate of drug-likeness (QED) is 0.299. The zero-order chi connectivity index (χ0) is 22.3. The van der Waals surface area contributed by atoms with Gasteiger partial charge in [-0.3, -0.25) is 4.79 Å². The van der Waals surface area contributed by atoms with Crippen molar-refractivity contribution in [1.82, 2.24) is 19.7 Å². The van der Waals surface area contributed by atoms with E-state index < -0.39 is 0 Å². The summed E-state index contributed by atoms with van der Waals surface area (Å²) < 4.78 is 13.1. The molecule has 0 atom stereocenters. The van der Waals surface area contributed by atoms with E-state index in [2.05, 4.69) is 15.2 Å². The van der Waals surface area contributed by atoms with E-state index in [4.69, 9.17) is 9.15 Å². The molecule has 0 unspecified atom stereocenters. The van der Waals surface area contributed by atoms with Crippen molar-refractivity contribution in [3.8, 4) is 11.4 Å². The summed E-state index contributed by atoms with van der Waals surface area (Å²) in [5, 5.41) is 8.05. The van der Waals surface area contributed by atoms with Crippen LogP contribution >= 0.6 is 0 Å². The average molecular weight is 426 g/mol. The maximum absolute atomic E-state index is 12.1. The Morgan fingerprint density at radius 3 is 2.72 bits per heavy atom. The molecule has 0 saturated heterocycles. The third-order valence-electron chi connectivity index (χ3n) is 4.71. The first-order chi connectivity index (χ1) is 15.6. The molecular weight excluding hydrogens is 404 g/mol. The summed E-state index contributed by atoms with van der Waals surface area (Å²) in [5.74, 6) is 1.48. The standard InChI is InChI=1S/C25H22N4O3/c1-18-16-29(17-26-18)21-13-11-19(15-23(21)31-2)12-14-25-28-27-24(32-25)10-6-9-22(30)20-7-4-3-5-8-20/h3-9,11-17H,10H2,1-2H3. The second kappa shape index (κ2) is 9.70. The number of aromatic nitrogens is 4. The van der Waals surface area contributed by atoms with Crippen LogP contribution < -0.4 is 4.74 Å². The molecule has 0 saturated carbocycles. The molecule has 0 N–H and O–H groups in total. The van der Waals surface area contributed by atoms with Crippen molar-refractivity contribution in [2.75, 3.05) is 7.11 Å². The zero-order valence-corrected chi connectivity index (χ0v) is 17.8.